The van der Waals surface area contributed by atoms with Gasteiger partial charge in [-0.15, -0.1) is 0 Å². The van der Waals surface area contributed by atoms with Crippen molar-refractivity contribution in [2.75, 3.05) is 11.9 Å². The summed E-state index contributed by atoms with van der Waals surface area (Å²) in [6.07, 6.45) is 1.53. The molecule has 2 amide bonds. The highest BCUT2D eigenvalue weighted by atomic mass is 35.5. The van der Waals surface area contributed by atoms with E-state index in [2.05, 4.69) is 42.7 Å². The number of nitrogens with one attached hydrogen (secondary N) is 2. The predicted octanol–water partition coefficient (Wildman–Crippen LogP) is 5.23. The molecule has 2 aliphatic rings. The van der Waals surface area contributed by atoms with E-state index in [0.717, 1.165) is 35.1 Å². The van der Waals surface area contributed by atoms with Crippen LogP contribution in [-0.4, -0.2) is 18.4 Å². The van der Waals surface area contributed by atoms with Gasteiger partial charge in [0.05, 0.1) is 17.1 Å². The van der Waals surface area contributed by atoms with Gasteiger partial charge in [-0.2, -0.15) is 0 Å². The molecule has 0 spiro atoms. The van der Waals surface area contributed by atoms with Gasteiger partial charge in [0.15, 0.2) is 6.61 Å². The molecular formula is C27H25ClN2O3. The Hall–Kier alpha value is -3.31. The zero-order valence-corrected chi connectivity index (χ0v) is 19.3. The highest BCUT2D eigenvalue weighted by molar-refractivity contribution is 6.30. The Morgan fingerprint density at radius 2 is 1.91 bits per heavy atom. The maximum absolute atomic E-state index is 13.7. The number of carbonyl (C=O) groups is 2. The van der Waals surface area contributed by atoms with Crippen LogP contribution in [0.25, 0.3) is 0 Å². The van der Waals surface area contributed by atoms with Crippen molar-refractivity contribution in [1.29, 1.82) is 0 Å². The number of hydrogen-bond donors (Lipinski definition) is 2. The summed E-state index contributed by atoms with van der Waals surface area (Å²) in [7, 11) is 0. The van der Waals surface area contributed by atoms with Crippen LogP contribution >= 0.6 is 11.6 Å². The molecule has 1 unspecified atom stereocenters. The quantitative estimate of drug-likeness (QED) is 0.548. The number of amides is 2. The second-order valence-corrected chi connectivity index (χ2v) is 9.39. The fourth-order valence-electron chi connectivity index (χ4n) is 4.59. The topological polar surface area (TPSA) is 67.4 Å². The summed E-state index contributed by atoms with van der Waals surface area (Å²) in [4.78, 5) is 25.3. The van der Waals surface area contributed by atoms with E-state index in [4.69, 9.17) is 16.3 Å². The van der Waals surface area contributed by atoms with E-state index in [-0.39, 0.29) is 24.5 Å². The largest absolute Gasteiger partial charge is 0.482 e. The van der Waals surface area contributed by atoms with Gasteiger partial charge in [-0.3, -0.25) is 9.59 Å². The second-order valence-electron chi connectivity index (χ2n) is 8.95. The number of aryl methyl sites for hydroxylation is 2. The molecule has 1 heterocycles. The molecule has 0 radical (unpaired) electrons. The fourth-order valence-corrected chi connectivity index (χ4v) is 4.79. The van der Waals surface area contributed by atoms with E-state index in [1.165, 1.54) is 5.56 Å². The molecule has 0 saturated heterocycles. The Kier molecular flexibility index (Phi) is 5.37. The fraction of sp³-hybridized carbons (Fsp3) is 0.259. The van der Waals surface area contributed by atoms with Crippen LogP contribution in [0.3, 0.4) is 0 Å². The van der Waals surface area contributed by atoms with E-state index in [0.29, 0.717) is 16.5 Å². The molecule has 6 heteroatoms. The maximum atomic E-state index is 13.7. The zero-order chi connectivity index (χ0) is 23.2. The van der Waals surface area contributed by atoms with Gasteiger partial charge < -0.3 is 15.4 Å². The van der Waals surface area contributed by atoms with Crippen molar-refractivity contribution in [2.24, 2.45) is 0 Å². The summed E-state index contributed by atoms with van der Waals surface area (Å²) in [6.45, 7) is 4.11. The lowest BCUT2D eigenvalue weighted by atomic mass is 9.90. The van der Waals surface area contributed by atoms with Crippen molar-refractivity contribution < 1.29 is 14.3 Å². The minimum absolute atomic E-state index is 0.0147. The molecule has 5 nitrogen and oxygen atoms in total. The number of anilines is 1. The number of ether oxygens (including phenoxy) is 1. The van der Waals surface area contributed by atoms with E-state index < -0.39 is 5.41 Å². The maximum Gasteiger partial charge on any atom is 0.262 e. The van der Waals surface area contributed by atoms with Gasteiger partial charge in [-0.05, 0) is 73.2 Å². The number of hydrogen-bond acceptors (Lipinski definition) is 3. The average molecular weight is 461 g/mol. The third-order valence-electron chi connectivity index (χ3n) is 6.55. The third-order valence-corrected chi connectivity index (χ3v) is 6.78. The first-order valence-corrected chi connectivity index (χ1v) is 11.4. The molecule has 0 bridgehead atoms. The van der Waals surface area contributed by atoms with Crippen molar-refractivity contribution in [3.05, 3.63) is 93.5 Å². The molecule has 1 fully saturated rings. The van der Waals surface area contributed by atoms with Gasteiger partial charge in [0.25, 0.3) is 5.91 Å². The summed E-state index contributed by atoms with van der Waals surface area (Å²) in [5, 5.41) is 6.75. The molecule has 2 N–H and O–H groups in total. The standard InChI is InChI=1S/C27H25ClN2O3/c1-16-6-8-21(17(2)12-16)25(18-4-3-5-20(28)13-18)30-26(32)27(10-11-27)19-7-9-22-23(14-19)33-15-24(31)29-22/h3-9,12-14,25H,10-11,15H2,1-2H3,(H,29,31)(H,30,32). The molecule has 3 aromatic rings. The normalized spacial score (nSPS) is 16.8. The van der Waals surface area contributed by atoms with Crippen LogP contribution in [0.15, 0.2) is 60.7 Å². The summed E-state index contributed by atoms with van der Waals surface area (Å²) in [5.41, 5.74) is 5.21. The average Bonchev–Trinajstić information content (AvgIpc) is 3.60. The monoisotopic (exact) mass is 460 g/mol. The van der Waals surface area contributed by atoms with E-state index in [1.807, 2.05) is 42.5 Å². The molecule has 168 valence electrons. The van der Waals surface area contributed by atoms with Crippen LogP contribution in [0.1, 0.15) is 46.7 Å². The van der Waals surface area contributed by atoms with Crippen LogP contribution in [0.5, 0.6) is 5.75 Å². The van der Waals surface area contributed by atoms with Crippen LogP contribution < -0.4 is 15.4 Å². The molecule has 1 atom stereocenters. The molecule has 1 aliphatic heterocycles. The van der Waals surface area contributed by atoms with Crippen molar-refractivity contribution >= 4 is 29.1 Å². The Morgan fingerprint density at radius 1 is 1.09 bits per heavy atom. The highest BCUT2D eigenvalue weighted by Crippen LogP contribution is 2.50. The molecule has 33 heavy (non-hydrogen) atoms. The smallest absolute Gasteiger partial charge is 0.262 e. The number of halogens is 1. The number of fused-ring (bicyclic) bond motifs is 1. The van der Waals surface area contributed by atoms with Crippen LogP contribution in [0.2, 0.25) is 5.02 Å². The van der Waals surface area contributed by atoms with E-state index >= 15 is 0 Å². The van der Waals surface area contributed by atoms with Crippen molar-refractivity contribution in [3.63, 3.8) is 0 Å². The first-order chi connectivity index (χ1) is 15.9. The summed E-state index contributed by atoms with van der Waals surface area (Å²) < 4.78 is 5.58. The Balaban J connectivity index is 1.48. The Morgan fingerprint density at radius 3 is 2.64 bits per heavy atom. The summed E-state index contributed by atoms with van der Waals surface area (Å²) >= 11 is 6.30. The highest BCUT2D eigenvalue weighted by Gasteiger charge is 2.52. The number of rotatable bonds is 5. The SMILES string of the molecule is Cc1ccc(C(NC(=O)C2(c3ccc4c(c3)OCC(=O)N4)CC2)c2cccc(Cl)c2)c(C)c1. The molecule has 3 aromatic carbocycles. The minimum atomic E-state index is -0.602. The van der Waals surface area contributed by atoms with Gasteiger partial charge in [-0.1, -0.05) is 53.6 Å². The first kappa shape index (κ1) is 21.5. The lowest BCUT2D eigenvalue weighted by molar-refractivity contribution is -0.124. The first-order valence-electron chi connectivity index (χ1n) is 11.1. The van der Waals surface area contributed by atoms with Gasteiger partial charge in [-0.25, -0.2) is 0 Å². The molecule has 0 aromatic heterocycles. The van der Waals surface area contributed by atoms with Crippen molar-refractivity contribution in [2.45, 2.75) is 38.1 Å². The number of carbonyl (C=O) groups excluding carboxylic acids is 2. The third kappa shape index (κ3) is 4.09. The van der Waals surface area contributed by atoms with Gasteiger partial charge in [0.1, 0.15) is 5.75 Å². The van der Waals surface area contributed by atoms with Gasteiger partial charge in [0, 0.05) is 5.02 Å². The van der Waals surface area contributed by atoms with E-state index in [1.54, 1.807) is 0 Å². The lowest BCUT2D eigenvalue weighted by Gasteiger charge is -2.26. The van der Waals surface area contributed by atoms with Crippen molar-refractivity contribution in [1.82, 2.24) is 5.32 Å². The lowest BCUT2D eigenvalue weighted by Crippen LogP contribution is -2.38. The van der Waals surface area contributed by atoms with E-state index in [9.17, 15) is 9.59 Å². The van der Waals surface area contributed by atoms with Crippen LogP contribution in [-0.2, 0) is 15.0 Å². The summed E-state index contributed by atoms with van der Waals surface area (Å²) in [6, 6.07) is 19.2. The van der Waals surface area contributed by atoms with Crippen molar-refractivity contribution in [3.8, 4) is 5.75 Å². The predicted molar refractivity (Wildman–Crippen MR) is 129 cm³/mol. The second kappa shape index (κ2) is 8.23. The Bertz CT molecular complexity index is 1270. The van der Waals surface area contributed by atoms with Gasteiger partial charge >= 0.3 is 0 Å². The zero-order valence-electron chi connectivity index (χ0n) is 18.6. The van der Waals surface area contributed by atoms with Gasteiger partial charge in [0.2, 0.25) is 5.91 Å². The summed E-state index contributed by atoms with van der Waals surface area (Å²) in [5.74, 6) is 0.408. The Labute approximate surface area is 198 Å². The number of benzene rings is 3. The molecule has 1 saturated carbocycles. The molecular weight excluding hydrogens is 436 g/mol. The molecule has 5 rings (SSSR count). The molecule has 1 aliphatic carbocycles. The van der Waals surface area contributed by atoms with Crippen LogP contribution in [0.4, 0.5) is 5.69 Å². The van der Waals surface area contributed by atoms with Crippen LogP contribution in [0, 0.1) is 13.8 Å². The minimum Gasteiger partial charge on any atom is -0.482 e.